The van der Waals surface area contributed by atoms with Crippen molar-refractivity contribution in [2.45, 2.75) is 64.5 Å². The van der Waals surface area contributed by atoms with Crippen LogP contribution in [0.4, 0.5) is 4.79 Å². The van der Waals surface area contributed by atoms with Crippen molar-refractivity contribution in [1.29, 1.82) is 0 Å². The van der Waals surface area contributed by atoms with E-state index >= 15 is 0 Å². The first-order valence-electron chi connectivity index (χ1n) is 9.54. The number of urea groups is 1. The molecule has 1 aliphatic carbocycles. The van der Waals surface area contributed by atoms with Crippen LogP contribution in [-0.2, 0) is 9.53 Å². The first-order valence-corrected chi connectivity index (χ1v) is 9.54. The van der Waals surface area contributed by atoms with Crippen molar-refractivity contribution in [2.75, 3.05) is 6.61 Å². The molecule has 1 aromatic rings. The van der Waals surface area contributed by atoms with E-state index in [1.807, 2.05) is 6.92 Å². The Bertz CT molecular complexity index is 638. The molecule has 148 valence electrons. The van der Waals surface area contributed by atoms with Crippen LogP contribution in [0.5, 0.6) is 5.75 Å². The predicted molar refractivity (Wildman–Crippen MR) is 101 cm³/mol. The van der Waals surface area contributed by atoms with Gasteiger partial charge in [0.25, 0.3) is 5.91 Å². The molecule has 0 spiro atoms. The Balaban J connectivity index is 1.78. The van der Waals surface area contributed by atoms with Crippen molar-refractivity contribution in [3.05, 3.63) is 29.8 Å². The fraction of sp³-hybridized carbons (Fsp3) is 0.550. The molecule has 27 heavy (non-hydrogen) atoms. The summed E-state index contributed by atoms with van der Waals surface area (Å²) in [6.45, 7) is 4.04. The Kier molecular flexibility index (Phi) is 8.10. The molecule has 1 atom stereocenters. The van der Waals surface area contributed by atoms with E-state index in [9.17, 15) is 14.4 Å². The van der Waals surface area contributed by atoms with E-state index in [1.54, 1.807) is 24.3 Å². The van der Waals surface area contributed by atoms with E-state index in [0.717, 1.165) is 32.1 Å². The van der Waals surface area contributed by atoms with Gasteiger partial charge in [-0.25, -0.2) is 9.59 Å². The monoisotopic (exact) mass is 376 g/mol. The summed E-state index contributed by atoms with van der Waals surface area (Å²) in [5.41, 5.74) is 0.310. The van der Waals surface area contributed by atoms with Gasteiger partial charge in [0, 0.05) is 6.04 Å². The highest BCUT2D eigenvalue weighted by Gasteiger charge is 2.22. The van der Waals surface area contributed by atoms with Crippen molar-refractivity contribution in [3.63, 3.8) is 0 Å². The van der Waals surface area contributed by atoms with Gasteiger partial charge >= 0.3 is 12.0 Å². The predicted octanol–water partition coefficient (Wildman–Crippen LogP) is 3.18. The second kappa shape index (κ2) is 10.5. The van der Waals surface area contributed by atoms with Crippen LogP contribution < -0.4 is 15.4 Å². The third-order valence-electron chi connectivity index (χ3n) is 4.39. The summed E-state index contributed by atoms with van der Waals surface area (Å²) in [5.74, 6) is -0.620. The summed E-state index contributed by atoms with van der Waals surface area (Å²) < 4.78 is 10.6. The minimum atomic E-state index is -1.08. The van der Waals surface area contributed by atoms with Crippen LogP contribution in [0.2, 0.25) is 0 Å². The molecule has 0 radical (unpaired) electrons. The van der Waals surface area contributed by atoms with Crippen LogP contribution in [-0.4, -0.2) is 36.7 Å². The Hall–Kier alpha value is -2.57. The molecule has 0 heterocycles. The number of esters is 1. The van der Waals surface area contributed by atoms with E-state index in [1.165, 1.54) is 13.3 Å². The third kappa shape index (κ3) is 6.92. The number of nitrogens with one attached hydrogen (secondary N) is 2. The van der Waals surface area contributed by atoms with Gasteiger partial charge in [-0.1, -0.05) is 26.2 Å². The number of hydrogen-bond donors (Lipinski definition) is 2. The molecule has 0 saturated heterocycles. The molecule has 2 rings (SSSR count). The number of amides is 3. The Morgan fingerprint density at radius 3 is 2.41 bits per heavy atom. The lowest BCUT2D eigenvalue weighted by Gasteiger charge is -2.23. The maximum absolute atomic E-state index is 12.1. The highest BCUT2D eigenvalue weighted by molar-refractivity contribution is 5.98. The average Bonchev–Trinajstić information content (AvgIpc) is 2.67. The van der Waals surface area contributed by atoms with E-state index in [0.29, 0.717) is 17.9 Å². The minimum Gasteiger partial charge on any atom is -0.494 e. The topological polar surface area (TPSA) is 93.7 Å². The molecular formula is C20H28N2O5. The highest BCUT2D eigenvalue weighted by atomic mass is 16.5. The van der Waals surface area contributed by atoms with Crippen LogP contribution in [0.15, 0.2) is 24.3 Å². The number of ether oxygens (including phenoxy) is 2. The molecule has 0 aromatic heterocycles. The second-order valence-corrected chi connectivity index (χ2v) is 6.72. The number of hydrogen-bond acceptors (Lipinski definition) is 5. The maximum Gasteiger partial charge on any atom is 0.338 e. The molecule has 1 aliphatic rings. The van der Waals surface area contributed by atoms with Gasteiger partial charge in [-0.2, -0.15) is 0 Å². The highest BCUT2D eigenvalue weighted by Crippen LogP contribution is 2.17. The maximum atomic E-state index is 12.1. The zero-order valence-electron chi connectivity index (χ0n) is 16.0. The standard InChI is InChI=1S/C20H28N2O5/c1-3-13-26-17-11-9-15(10-12-17)19(24)27-14(2)18(23)22-20(25)21-16-7-5-4-6-8-16/h9-12,14,16H,3-8,13H2,1-2H3,(H2,21,22,23,25)/t14-/m0/s1. The number of imide groups is 1. The lowest BCUT2D eigenvalue weighted by Crippen LogP contribution is -2.48. The molecule has 7 nitrogen and oxygen atoms in total. The summed E-state index contributed by atoms with van der Waals surface area (Å²) in [7, 11) is 0. The van der Waals surface area contributed by atoms with Crippen molar-refractivity contribution in [3.8, 4) is 5.75 Å². The zero-order valence-corrected chi connectivity index (χ0v) is 16.0. The van der Waals surface area contributed by atoms with Gasteiger partial charge in [0.2, 0.25) is 0 Å². The lowest BCUT2D eigenvalue weighted by atomic mass is 9.96. The molecule has 1 aromatic carbocycles. The summed E-state index contributed by atoms with van der Waals surface area (Å²) in [6, 6.07) is 6.05. The third-order valence-corrected chi connectivity index (χ3v) is 4.39. The molecule has 2 N–H and O–H groups in total. The van der Waals surface area contributed by atoms with E-state index < -0.39 is 24.0 Å². The number of rotatable bonds is 7. The Morgan fingerprint density at radius 1 is 1.11 bits per heavy atom. The van der Waals surface area contributed by atoms with Crippen LogP contribution in [0.1, 0.15) is 62.7 Å². The molecule has 3 amide bonds. The lowest BCUT2D eigenvalue weighted by molar-refractivity contribution is -0.127. The van der Waals surface area contributed by atoms with Gasteiger partial charge in [0.05, 0.1) is 12.2 Å². The molecule has 7 heteroatoms. The molecule has 1 saturated carbocycles. The van der Waals surface area contributed by atoms with Crippen LogP contribution in [0, 0.1) is 0 Å². The van der Waals surface area contributed by atoms with Crippen LogP contribution in [0.3, 0.4) is 0 Å². The molecular weight excluding hydrogens is 348 g/mol. The quantitative estimate of drug-likeness (QED) is 0.713. The Labute approximate surface area is 159 Å². The first-order chi connectivity index (χ1) is 13.0. The summed E-state index contributed by atoms with van der Waals surface area (Å²) >= 11 is 0. The summed E-state index contributed by atoms with van der Waals surface area (Å²) in [4.78, 5) is 36.1. The van der Waals surface area contributed by atoms with Crippen molar-refractivity contribution >= 4 is 17.9 Å². The molecule has 0 aliphatic heterocycles. The largest absolute Gasteiger partial charge is 0.494 e. The number of carbonyl (C=O) groups excluding carboxylic acids is 3. The Morgan fingerprint density at radius 2 is 1.78 bits per heavy atom. The number of benzene rings is 1. The van der Waals surface area contributed by atoms with Crippen LogP contribution >= 0.6 is 0 Å². The minimum absolute atomic E-state index is 0.0952. The fourth-order valence-corrected chi connectivity index (χ4v) is 2.87. The summed E-state index contributed by atoms with van der Waals surface area (Å²) in [5, 5.41) is 5.02. The van der Waals surface area contributed by atoms with Crippen molar-refractivity contribution < 1.29 is 23.9 Å². The van der Waals surface area contributed by atoms with Crippen molar-refractivity contribution in [1.82, 2.24) is 10.6 Å². The van der Waals surface area contributed by atoms with E-state index in [2.05, 4.69) is 10.6 Å². The van der Waals surface area contributed by atoms with Gasteiger partial charge in [-0.3, -0.25) is 10.1 Å². The molecule has 0 bridgehead atoms. The normalized spacial score (nSPS) is 15.5. The smallest absolute Gasteiger partial charge is 0.338 e. The number of carbonyl (C=O) groups is 3. The summed E-state index contributed by atoms with van der Waals surface area (Å²) in [6.07, 6.45) is 4.99. The SMILES string of the molecule is CCCOc1ccc(C(=O)O[C@@H](C)C(=O)NC(=O)NC2CCCCC2)cc1. The first kappa shape index (κ1) is 20.7. The molecule has 1 fully saturated rings. The van der Waals surface area contributed by atoms with Gasteiger partial charge in [0.15, 0.2) is 6.10 Å². The van der Waals surface area contributed by atoms with Gasteiger partial charge in [0.1, 0.15) is 5.75 Å². The van der Waals surface area contributed by atoms with Gasteiger partial charge < -0.3 is 14.8 Å². The fourth-order valence-electron chi connectivity index (χ4n) is 2.87. The second-order valence-electron chi connectivity index (χ2n) is 6.72. The molecule has 0 unspecified atom stereocenters. The van der Waals surface area contributed by atoms with Gasteiger partial charge in [-0.05, 0) is 50.5 Å². The van der Waals surface area contributed by atoms with E-state index in [-0.39, 0.29) is 6.04 Å². The van der Waals surface area contributed by atoms with E-state index in [4.69, 9.17) is 9.47 Å². The van der Waals surface area contributed by atoms with Crippen molar-refractivity contribution in [2.24, 2.45) is 0 Å². The van der Waals surface area contributed by atoms with Gasteiger partial charge in [-0.15, -0.1) is 0 Å². The zero-order chi connectivity index (χ0) is 19.6. The average molecular weight is 376 g/mol. The van der Waals surface area contributed by atoms with Crippen LogP contribution in [0.25, 0.3) is 0 Å².